The van der Waals surface area contributed by atoms with E-state index in [4.69, 9.17) is 4.74 Å². The molecule has 0 radical (unpaired) electrons. The monoisotopic (exact) mass is 373 g/mol. The van der Waals surface area contributed by atoms with Gasteiger partial charge in [0.25, 0.3) is 0 Å². The Hall–Kier alpha value is -2.45. The Morgan fingerprint density at radius 2 is 1.69 bits per heavy atom. The molecule has 144 valence electrons. The zero-order valence-electron chi connectivity index (χ0n) is 14.7. The molecule has 0 unspecified atom stereocenters. The maximum atomic E-state index is 12.6. The first kappa shape index (κ1) is 19.9. The minimum Gasteiger partial charge on any atom is -0.489 e. The van der Waals surface area contributed by atoms with E-state index in [9.17, 15) is 22.8 Å². The van der Waals surface area contributed by atoms with Crippen molar-refractivity contribution in [1.29, 1.82) is 0 Å². The van der Waals surface area contributed by atoms with Crippen LogP contribution in [0.15, 0.2) is 24.3 Å². The van der Waals surface area contributed by atoms with Gasteiger partial charge >= 0.3 is 18.1 Å². The fraction of sp³-hybridized carbons (Fsp3) is 0.529. The van der Waals surface area contributed by atoms with Gasteiger partial charge in [-0.3, -0.25) is 4.79 Å². The molecule has 3 amide bonds. The molecular weight excluding hydrogens is 351 g/mol. The molecule has 1 fully saturated rings. The minimum absolute atomic E-state index is 0.0286. The van der Waals surface area contributed by atoms with Gasteiger partial charge in [0.2, 0.25) is 0 Å². The van der Waals surface area contributed by atoms with E-state index in [-0.39, 0.29) is 38.7 Å². The van der Waals surface area contributed by atoms with Crippen LogP contribution < -0.4 is 10.1 Å². The number of carbonyl (C=O) groups excluding carboxylic acids is 2. The largest absolute Gasteiger partial charge is 0.489 e. The standard InChI is InChI=1S/C17H22F3N3O3/c1-12(2)26-14-7-4-3-6-13(14)21-16(25)23-9-5-8-22(10-11-23)15(24)17(18,19)20/h3-4,6-7,12H,5,8-11H2,1-2H3,(H,21,25). The Morgan fingerprint density at radius 3 is 2.35 bits per heavy atom. The Morgan fingerprint density at radius 1 is 1.08 bits per heavy atom. The molecule has 0 aromatic heterocycles. The SMILES string of the molecule is CC(C)Oc1ccccc1NC(=O)N1CCCN(C(=O)C(F)(F)F)CC1. The number of nitrogens with one attached hydrogen (secondary N) is 1. The highest BCUT2D eigenvalue weighted by molar-refractivity contribution is 5.91. The highest BCUT2D eigenvalue weighted by atomic mass is 19.4. The number of amides is 3. The molecule has 0 spiro atoms. The van der Waals surface area contributed by atoms with Crippen molar-refractivity contribution in [3.8, 4) is 5.75 Å². The van der Waals surface area contributed by atoms with E-state index in [1.807, 2.05) is 13.8 Å². The van der Waals surface area contributed by atoms with Crippen molar-refractivity contribution in [2.45, 2.75) is 32.5 Å². The lowest BCUT2D eigenvalue weighted by Gasteiger charge is -2.23. The van der Waals surface area contributed by atoms with Crippen molar-refractivity contribution in [2.75, 3.05) is 31.5 Å². The van der Waals surface area contributed by atoms with Crippen LogP contribution in [0.5, 0.6) is 5.75 Å². The van der Waals surface area contributed by atoms with E-state index in [1.54, 1.807) is 24.3 Å². The van der Waals surface area contributed by atoms with Gasteiger partial charge in [0.05, 0.1) is 11.8 Å². The van der Waals surface area contributed by atoms with Crippen LogP contribution in [0.4, 0.5) is 23.7 Å². The summed E-state index contributed by atoms with van der Waals surface area (Å²) >= 11 is 0. The smallest absolute Gasteiger partial charge is 0.471 e. The zero-order chi connectivity index (χ0) is 19.3. The number of rotatable bonds is 3. The van der Waals surface area contributed by atoms with Crippen molar-refractivity contribution in [1.82, 2.24) is 9.80 Å². The number of nitrogens with zero attached hydrogens (tertiary/aromatic N) is 2. The summed E-state index contributed by atoms with van der Waals surface area (Å²) in [5.41, 5.74) is 0.485. The van der Waals surface area contributed by atoms with Gasteiger partial charge in [0.15, 0.2) is 0 Å². The number of hydrogen-bond donors (Lipinski definition) is 1. The lowest BCUT2D eigenvalue weighted by atomic mass is 10.3. The molecule has 9 heteroatoms. The molecule has 0 saturated carbocycles. The first-order valence-electron chi connectivity index (χ1n) is 8.36. The molecule has 6 nitrogen and oxygen atoms in total. The molecule has 1 N–H and O–H groups in total. The van der Waals surface area contributed by atoms with Crippen molar-refractivity contribution >= 4 is 17.6 Å². The molecule has 0 atom stereocenters. The number of halogens is 3. The summed E-state index contributed by atoms with van der Waals surface area (Å²) in [5.74, 6) is -1.35. The third-order valence-electron chi connectivity index (χ3n) is 3.80. The molecule has 1 aliphatic heterocycles. The van der Waals surface area contributed by atoms with E-state index in [2.05, 4.69) is 5.32 Å². The lowest BCUT2D eigenvalue weighted by Crippen LogP contribution is -2.44. The summed E-state index contributed by atoms with van der Waals surface area (Å²) in [6.07, 6.45) is -4.70. The van der Waals surface area contributed by atoms with Crippen LogP contribution in [0.1, 0.15) is 20.3 Å². The quantitative estimate of drug-likeness (QED) is 0.886. The highest BCUT2D eigenvalue weighted by Gasteiger charge is 2.42. The van der Waals surface area contributed by atoms with Crippen molar-refractivity contribution < 1.29 is 27.5 Å². The number of hydrogen-bond acceptors (Lipinski definition) is 3. The van der Waals surface area contributed by atoms with Gasteiger partial charge in [-0.2, -0.15) is 13.2 Å². The third kappa shape index (κ3) is 5.27. The predicted octanol–water partition coefficient (Wildman–Crippen LogP) is 3.10. The van der Waals surface area contributed by atoms with E-state index >= 15 is 0 Å². The number of urea groups is 1. The van der Waals surface area contributed by atoms with E-state index < -0.39 is 18.1 Å². The molecule has 26 heavy (non-hydrogen) atoms. The summed E-state index contributed by atoms with van der Waals surface area (Å²) in [6.45, 7) is 3.83. The predicted molar refractivity (Wildman–Crippen MR) is 90.0 cm³/mol. The number of ether oxygens (including phenoxy) is 1. The summed E-state index contributed by atoms with van der Waals surface area (Å²) in [6, 6.07) is 6.50. The highest BCUT2D eigenvalue weighted by Crippen LogP contribution is 2.25. The zero-order valence-corrected chi connectivity index (χ0v) is 14.7. The van der Waals surface area contributed by atoms with Crippen molar-refractivity contribution in [3.05, 3.63) is 24.3 Å². The molecule has 1 saturated heterocycles. The number of para-hydroxylation sites is 2. The first-order valence-corrected chi connectivity index (χ1v) is 8.36. The van der Waals surface area contributed by atoms with Crippen LogP contribution in [0.2, 0.25) is 0 Å². The minimum atomic E-state index is -4.90. The number of alkyl halides is 3. The van der Waals surface area contributed by atoms with E-state index in [0.29, 0.717) is 11.4 Å². The fourth-order valence-corrected chi connectivity index (χ4v) is 2.62. The van der Waals surface area contributed by atoms with Crippen molar-refractivity contribution in [2.24, 2.45) is 0 Å². The second kappa shape index (κ2) is 8.29. The fourth-order valence-electron chi connectivity index (χ4n) is 2.62. The molecule has 2 rings (SSSR count). The normalized spacial score (nSPS) is 15.6. The van der Waals surface area contributed by atoms with Gasteiger partial charge in [-0.05, 0) is 32.4 Å². The summed E-state index contributed by atoms with van der Waals surface area (Å²) in [5, 5.41) is 2.72. The molecule has 1 aromatic rings. The Kier molecular flexibility index (Phi) is 6.33. The molecule has 0 bridgehead atoms. The second-order valence-electron chi connectivity index (χ2n) is 6.22. The Balaban J connectivity index is 2.00. The maximum Gasteiger partial charge on any atom is 0.471 e. The average Bonchev–Trinajstić information content (AvgIpc) is 2.80. The van der Waals surface area contributed by atoms with Crippen LogP contribution in [0, 0.1) is 0 Å². The molecule has 1 aliphatic rings. The Labute approximate surface area is 149 Å². The van der Waals surface area contributed by atoms with Crippen LogP contribution in [-0.2, 0) is 4.79 Å². The third-order valence-corrected chi connectivity index (χ3v) is 3.80. The van der Waals surface area contributed by atoms with E-state index in [1.165, 1.54) is 4.90 Å². The van der Waals surface area contributed by atoms with Crippen molar-refractivity contribution in [3.63, 3.8) is 0 Å². The number of benzene rings is 1. The molecule has 1 heterocycles. The Bertz CT molecular complexity index is 650. The molecule has 0 aliphatic carbocycles. The topological polar surface area (TPSA) is 61.9 Å². The van der Waals surface area contributed by atoms with Crippen LogP contribution in [0.3, 0.4) is 0 Å². The van der Waals surface area contributed by atoms with Crippen LogP contribution in [0.25, 0.3) is 0 Å². The van der Waals surface area contributed by atoms with E-state index in [0.717, 1.165) is 4.90 Å². The molecular formula is C17H22F3N3O3. The maximum absolute atomic E-state index is 12.6. The van der Waals surface area contributed by atoms with Gasteiger partial charge in [-0.25, -0.2) is 4.79 Å². The molecule has 1 aromatic carbocycles. The summed E-state index contributed by atoms with van der Waals surface area (Å²) < 4.78 is 43.3. The van der Waals surface area contributed by atoms with Crippen LogP contribution >= 0.6 is 0 Å². The van der Waals surface area contributed by atoms with Gasteiger partial charge in [-0.15, -0.1) is 0 Å². The van der Waals surface area contributed by atoms with Gasteiger partial charge < -0.3 is 19.9 Å². The van der Waals surface area contributed by atoms with Crippen LogP contribution in [-0.4, -0.2) is 60.2 Å². The lowest BCUT2D eigenvalue weighted by molar-refractivity contribution is -0.185. The van der Waals surface area contributed by atoms with Gasteiger partial charge in [-0.1, -0.05) is 12.1 Å². The second-order valence-corrected chi connectivity index (χ2v) is 6.22. The summed E-state index contributed by atoms with van der Waals surface area (Å²) in [7, 11) is 0. The number of carbonyl (C=O) groups is 2. The number of anilines is 1. The first-order chi connectivity index (χ1) is 12.2. The average molecular weight is 373 g/mol. The summed E-state index contributed by atoms with van der Waals surface area (Å²) in [4.78, 5) is 26.0. The van der Waals surface area contributed by atoms with Gasteiger partial charge in [0.1, 0.15) is 5.75 Å². The van der Waals surface area contributed by atoms with Gasteiger partial charge in [0, 0.05) is 26.2 Å².